The van der Waals surface area contributed by atoms with E-state index in [-0.39, 0.29) is 6.61 Å². The number of carbonyl (C=O) groups is 3. The second-order valence-corrected chi connectivity index (χ2v) is 5.91. The summed E-state index contributed by atoms with van der Waals surface area (Å²) in [5.74, 6) is -4.80. The first kappa shape index (κ1) is 21.5. The summed E-state index contributed by atoms with van der Waals surface area (Å²) in [5, 5.41) is 0. The van der Waals surface area contributed by atoms with Crippen LogP contribution in [-0.4, -0.2) is 35.5 Å². The highest BCUT2D eigenvalue weighted by atomic mass is 16.6. The molecule has 0 heterocycles. The molecule has 144 valence electrons. The molecular formula is C16H24N4O6. The largest absolute Gasteiger partial charge is 0.458 e. The second-order valence-electron chi connectivity index (χ2n) is 5.91. The molecule has 1 atom stereocenters. The Balaban J connectivity index is 2.58. The highest BCUT2D eigenvalue weighted by molar-refractivity contribution is 5.84. The van der Waals surface area contributed by atoms with Gasteiger partial charge in [0.25, 0.3) is 0 Å². The van der Waals surface area contributed by atoms with E-state index in [0.717, 1.165) is 12.5 Å². The van der Waals surface area contributed by atoms with Crippen molar-refractivity contribution in [3.63, 3.8) is 0 Å². The van der Waals surface area contributed by atoms with Crippen LogP contribution in [0.15, 0.2) is 30.3 Å². The van der Waals surface area contributed by atoms with Gasteiger partial charge in [0.15, 0.2) is 11.8 Å². The number of esters is 3. The van der Waals surface area contributed by atoms with Crippen LogP contribution in [0.2, 0.25) is 0 Å². The number of benzene rings is 1. The first-order chi connectivity index (χ1) is 11.9. The molecule has 0 amide bonds. The molecule has 0 bridgehead atoms. The van der Waals surface area contributed by atoms with Crippen LogP contribution in [0.25, 0.3) is 0 Å². The van der Waals surface area contributed by atoms with Gasteiger partial charge in [-0.05, 0) is 12.5 Å². The Labute approximate surface area is 150 Å². The molecule has 10 heteroatoms. The maximum atomic E-state index is 12.1. The third-order valence-electron chi connectivity index (χ3n) is 3.12. The van der Waals surface area contributed by atoms with Gasteiger partial charge >= 0.3 is 17.9 Å². The van der Waals surface area contributed by atoms with Gasteiger partial charge in [0.05, 0.1) is 6.42 Å². The zero-order valence-electron chi connectivity index (χ0n) is 14.6. The summed E-state index contributed by atoms with van der Waals surface area (Å²) in [5.41, 5.74) is 20.9. The van der Waals surface area contributed by atoms with E-state index in [4.69, 9.17) is 32.4 Å². The van der Waals surface area contributed by atoms with E-state index >= 15 is 0 Å². The molecule has 0 spiro atoms. The number of rotatable bonds is 8. The zero-order chi connectivity index (χ0) is 20.0. The van der Waals surface area contributed by atoms with Crippen molar-refractivity contribution < 1.29 is 28.6 Å². The quantitative estimate of drug-likeness (QED) is 0.247. The topological polar surface area (TPSA) is 183 Å². The maximum Gasteiger partial charge on any atom is 0.347 e. The number of hydrogen-bond donors (Lipinski definition) is 4. The Morgan fingerprint density at radius 3 is 2.19 bits per heavy atom. The average Bonchev–Trinajstić information content (AvgIpc) is 2.50. The highest BCUT2D eigenvalue weighted by Crippen LogP contribution is 2.13. The Morgan fingerprint density at radius 2 is 1.65 bits per heavy atom. The van der Waals surface area contributed by atoms with Crippen molar-refractivity contribution in [3.05, 3.63) is 35.9 Å². The van der Waals surface area contributed by atoms with Gasteiger partial charge in [0.2, 0.25) is 5.85 Å². The van der Waals surface area contributed by atoms with Crippen LogP contribution in [0.5, 0.6) is 0 Å². The monoisotopic (exact) mass is 368 g/mol. The summed E-state index contributed by atoms with van der Waals surface area (Å²) in [6.45, 7) is 2.39. The summed E-state index contributed by atoms with van der Waals surface area (Å²) in [6.07, 6.45) is -1.90. The molecule has 8 N–H and O–H groups in total. The first-order valence-corrected chi connectivity index (χ1v) is 7.70. The molecule has 1 aromatic rings. The zero-order valence-corrected chi connectivity index (χ0v) is 14.6. The standard InChI is InChI=1S/C16H24N4O6/c1-10(13(22)24-8-12-6-4-3-5-7-12)25-14(23)15(17,18)9-16(19,20)26-11(2)21/h3-7,10H,8-9,17-20H2,1-2H3. The molecule has 0 saturated heterocycles. The van der Waals surface area contributed by atoms with E-state index in [1.165, 1.54) is 6.92 Å². The molecule has 0 aliphatic carbocycles. The minimum absolute atomic E-state index is 0.0130. The molecular weight excluding hydrogens is 344 g/mol. The van der Waals surface area contributed by atoms with Gasteiger partial charge in [-0.3, -0.25) is 16.3 Å². The number of hydrogen-bond acceptors (Lipinski definition) is 10. The van der Waals surface area contributed by atoms with Crippen LogP contribution >= 0.6 is 0 Å². The summed E-state index contributed by atoms with van der Waals surface area (Å²) < 4.78 is 14.6. The molecule has 1 aromatic carbocycles. The molecule has 0 aliphatic heterocycles. The Bertz CT molecular complexity index is 647. The van der Waals surface area contributed by atoms with Gasteiger partial charge in [-0.1, -0.05) is 30.3 Å². The van der Waals surface area contributed by atoms with Crippen molar-refractivity contribution in [2.45, 2.75) is 44.5 Å². The van der Waals surface area contributed by atoms with Crippen LogP contribution in [-0.2, 0) is 35.2 Å². The number of ether oxygens (including phenoxy) is 3. The first-order valence-electron chi connectivity index (χ1n) is 7.70. The van der Waals surface area contributed by atoms with Gasteiger partial charge < -0.3 is 25.7 Å². The smallest absolute Gasteiger partial charge is 0.347 e. The Morgan fingerprint density at radius 1 is 1.08 bits per heavy atom. The number of carbonyl (C=O) groups excluding carboxylic acids is 3. The lowest BCUT2D eigenvalue weighted by Gasteiger charge is -2.31. The van der Waals surface area contributed by atoms with E-state index in [2.05, 4.69) is 4.74 Å². The minimum Gasteiger partial charge on any atom is -0.458 e. The van der Waals surface area contributed by atoms with Crippen molar-refractivity contribution in [2.75, 3.05) is 0 Å². The molecule has 0 aliphatic rings. The predicted octanol–water partition coefficient (Wildman–Crippen LogP) is -1.20. The van der Waals surface area contributed by atoms with Crippen molar-refractivity contribution in [1.29, 1.82) is 0 Å². The fraction of sp³-hybridized carbons (Fsp3) is 0.438. The Hall–Kier alpha value is -2.53. The molecule has 0 aromatic heterocycles. The molecule has 0 fully saturated rings. The van der Waals surface area contributed by atoms with Crippen molar-refractivity contribution >= 4 is 17.9 Å². The van der Waals surface area contributed by atoms with Gasteiger partial charge in [0, 0.05) is 6.92 Å². The van der Waals surface area contributed by atoms with E-state index in [1.807, 2.05) is 6.07 Å². The van der Waals surface area contributed by atoms with Gasteiger partial charge in [-0.15, -0.1) is 0 Å². The van der Waals surface area contributed by atoms with Crippen molar-refractivity contribution in [2.24, 2.45) is 22.9 Å². The Kier molecular flexibility index (Phi) is 7.21. The van der Waals surface area contributed by atoms with E-state index in [1.54, 1.807) is 24.3 Å². The van der Waals surface area contributed by atoms with E-state index in [9.17, 15) is 14.4 Å². The van der Waals surface area contributed by atoms with Crippen molar-refractivity contribution in [3.8, 4) is 0 Å². The third-order valence-corrected chi connectivity index (χ3v) is 3.12. The van der Waals surface area contributed by atoms with Crippen LogP contribution in [0.1, 0.15) is 25.8 Å². The van der Waals surface area contributed by atoms with Crippen molar-refractivity contribution in [1.82, 2.24) is 0 Å². The third kappa shape index (κ3) is 7.15. The van der Waals surface area contributed by atoms with Gasteiger partial charge in [-0.25, -0.2) is 9.59 Å². The summed E-state index contributed by atoms with van der Waals surface area (Å²) in [4.78, 5) is 34.9. The average molecular weight is 368 g/mol. The molecule has 1 rings (SSSR count). The van der Waals surface area contributed by atoms with Crippen LogP contribution in [0.3, 0.4) is 0 Å². The maximum absolute atomic E-state index is 12.1. The van der Waals surface area contributed by atoms with E-state index in [0.29, 0.717) is 0 Å². The summed E-state index contributed by atoms with van der Waals surface area (Å²) in [7, 11) is 0. The fourth-order valence-corrected chi connectivity index (χ4v) is 2.00. The van der Waals surface area contributed by atoms with Gasteiger partial charge in [0.1, 0.15) is 6.61 Å². The highest BCUT2D eigenvalue weighted by Gasteiger charge is 2.41. The lowest BCUT2D eigenvalue weighted by atomic mass is 10.1. The molecule has 0 radical (unpaired) electrons. The van der Waals surface area contributed by atoms with Crippen LogP contribution in [0.4, 0.5) is 0 Å². The summed E-state index contributed by atoms with van der Waals surface area (Å²) in [6, 6.07) is 8.94. The van der Waals surface area contributed by atoms with Crippen LogP contribution < -0.4 is 22.9 Å². The molecule has 26 heavy (non-hydrogen) atoms. The number of nitrogens with two attached hydrogens (primary N) is 4. The lowest BCUT2D eigenvalue weighted by molar-refractivity contribution is -0.174. The normalized spacial score (nSPS) is 12.8. The SMILES string of the molecule is CC(=O)OC(N)(N)CC(N)(N)C(=O)OC(C)C(=O)OCc1ccccc1. The molecule has 10 nitrogen and oxygen atoms in total. The molecule has 1 unspecified atom stereocenters. The predicted molar refractivity (Wildman–Crippen MR) is 90.4 cm³/mol. The summed E-state index contributed by atoms with van der Waals surface area (Å²) >= 11 is 0. The van der Waals surface area contributed by atoms with E-state index < -0.39 is 41.9 Å². The van der Waals surface area contributed by atoms with Crippen LogP contribution in [0, 0.1) is 0 Å². The lowest BCUT2D eigenvalue weighted by Crippen LogP contribution is -2.67. The minimum atomic E-state index is -2.19. The fourth-order valence-electron chi connectivity index (χ4n) is 2.00. The van der Waals surface area contributed by atoms with Gasteiger partial charge in [-0.2, -0.15) is 0 Å². The second kappa shape index (κ2) is 8.72. The molecule has 0 saturated carbocycles.